The van der Waals surface area contributed by atoms with Crippen LogP contribution in [0.15, 0.2) is 48.8 Å². The number of alkyl halides is 3. The summed E-state index contributed by atoms with van der Waals surface area (Å²) in [6, 6.07) is 5.94. The molecular formula is C26H23F5N4O3. The highest BCUT2D eigenvalue weighted by Crippen LogP contribution is 2.38. The number of ketones is 1. The van der Waals surface area contributed by atoms with Crippen LogP contribution in [0.1, 0.15) is 40.2 Å². The normalized spacial score (nSPS) is 17.3. The van der Waals surface area contributed by atoms with Gasteiger partial charge in [-0.15, -0.1) is 0 Å². The number of hydrogen-bond acceptors (Lipinski definition) is 6. The van der Waals surface area contributed by atoms with Gasteiger partial charge in [-0.3, -0.25) is 9.59 Å². The molecule has 1 saturated heterocycles. The molecule has 1 aliphatic rings. The molecule has 1 aliphatic heterocycles. The van der Waals surface area contributed by atoms with E-state index in [-0.39, 0.29) is 55.2 Å². The number of hydrogen-bond donors (Lipinski definition) is 2. The van der Waals surface area contributed by atoms with Gasteiger partial charge in [0.15, 0.2) is 5.78 Å². The minimum atomic E-state index is -4.82. The van der Waals surface area contributed by atoms with E-state index in [9.17, 15) is 31.5 Å². The molecule has 7 nitrogen and oxygen atoms in total. The standard InChI is InChI=1S/C26H23F5N4O3/c1-15-32-12-17(13-33-15)22(36)10-25(7-8-38-14-25)24(37)34-11-16-5-6-18(9-21(16)28)35-23-19(26(29,30)31)3-2-4-20(23)27/h2-6,9,12-13,35H,7-8,10-11,14H2,1H3,(H,34,37)/t25-/m0/s1. The lowest BCUT2D eigenvalue weighted by Crippen LogP contribution is -2.42. The van der Waals surface area contributed by atoms with Crippen LogP contribution in [0.3, 0.4) is 0 Å². The molecule has 3 aromatic rings. The van der Waals surface area contributed by atoms with Crippen LogP contribution in [-0.2, 0) is 22.3 Å². The Labute approximate surface area is 214 Å². The van der Waals surface area contributed by atoms with Gasteiger partial charge in [-0.05, 0) is 37.6 Å². The van der Waals surface area contributed by atoms with Gasteiger partial charge < -0.3 is 15.4 Å². The van der Waals surface area contributed by atoms with Crippen LogP contribution < -0.4 is 10.6 Å². The van der Waals surface area contributed by atoms with Crippen molar-refractivity contribution >= 4 is 23.1 Å². The first-order valence-electron chi connectivity index (χ1n) is 11.6. The number of rotatable bonds is 8. The molecule has 1 aromatic heterocycles. The van der Waals surface area contributed by atoms with E-state index in [2.05, 4.69) is 20.6 Å². The van der Waals surface area contributed by atoms with E-state index in [4.69, 9.17) is 4.74 Å². The largest absolute Gasteiger partial charge is 0.418 e. The van der Waals surface area contributed by atoms with Crippen molar-refractivity contribution in [1.82, 2.24) is 15.3 Å². The van der Waals surface area contributed by atoms with Crippen molar-refractivity contribution < 1.29 is 36.3 Å². The van der Waals surface area contributed by atoms with Crippen molar-refractivity contribution in [1.29, 1.82) is 0 Å². The third kappa shape index (κ3) is 5.96. The lowest BCUT2D eigenvalue weighted by Gasteiger charge is -2.25. The highest BCUT2D eigenvalue weighted by molar-refractivity contribution is 5.99. The van der Waals surface area contributed by atoms with Crippen LogP contribution >= 0.6 is 0 Å². The predicted octanol–water partition coefficient (Wildman–Crippen LogP) is 5.12. The average Bonchev–Trinajstić information content (AvgIpc) is 3.34. The molecule has 0 unspecified atom stereocenters. The number of para-hydroxylation sites is 1. The Morgan fingerprint density at radius 1 is 1.08 bits per heavy atom. The molecule has 12 heteroatoms. The Kier molecular flexibility index (Phi) is 7.72. The number of aromatic nitrogens is 2. The van der Waals surface area contributed by atoms with Crippen molar-refractivity contribution in [2.24, 2.45) is 5.41 Å². The van der Waals surface area contributed by atoms with E-state index in [0.717, 1.165) is 18.2 Å². The van der Waals surface area contributed by atoms with Gasteiger partial charge in [0.05, 0.1) is 28.8 Å². The van der Waals surface area contributed by atoms with E-state index in [1.54, 1.807) is 6.92 Å². The molecule has 2 N–H and O–H groups in total. The lowest BCUT2D eigenvalue weighted by molar-refractivity contribution is -0.137. The molecule has 0 aliphatic carbocycles. The zero-order valence-electron chi connectivity index (χ0n) is 20.2. The molecule has 1 amide bonds. The van der Waals surface area contributed by atoms with Crippen molar-refractivity contribution in [3.05, 3.63) is 82.9 Å². The maximum Gasteiger partial charge on any atom is 0.418 e. The van der Waals surface area contributed by atoms with Gasteiger partial charge in [0.25, 0.3) is 0 Å². The third-order valence-electron chi connectivity index (χ3n) is 6.27. The fourth-order valence-electron chi connectivity index (χ4n) is 4.12. The summed E-state index contributed by atoms with van der Waals surface area (Å²) in [5.74, 6) is -2.31. The van der Waals surface area contributed by atoms with Crippen molar-refractivity contribution in [2.45, 2.75) is 32.5 Å². The molecule has 2 aromatic carbocycles. The molecule has 38 heavy (non-hydrogen) atoms. The number of Topliss-reactive ketones (excluding diaryl/α,β-unsaturated/α-hetero) is 1. The van der Waals surface area contributed by atoms with Gasteiger partial charge in [-0.1, -0.05) is 12.1 Å². The second kappa shape index (κ2) is 10.8. The number of amides is 1. The van der Waals surface area contributed by atoms with Crippen LogP contribution in [0.2, 0.25) is 0 Å². The average molecular weight is 534 g/mol. The van der Waals surface area contributed by atoms with Crippen LogP contribution in [0, 0.1) is 24.0 Å². The fourth-order valence-corrected chi connectivity index (χ4v) is 4.12. The van der Waals surface area contributed by atoms with Crippen molar-refractivity contribution in [3.63, 3.8) is 0 Å². The quantitative estimate of drug-likeness (QED) is 0.308. The van der Waals surface area contributed by atoms with E-state index < -0.39 is 40.4 Å². The monoisotopic (exact) mass is 534 g/mol. The van der Waals surface area contributed by atoms with Gasteiger partial charge >= 0.3 is 6.18 Å². The Morgan fingerprint density at radius 2 is 1.82 bits per heavy atom. The molecule has 0 bridgehead atoms. The van der Waals surface area contributed by atoms with Gasteiger partial charge in [0, 0.05) is 43.2 Å². The molecule has 1 fully saturated rings. The Bertz CT molecular complexity index is 1340. The molecule has 1 atom stereocenters. The van der Waals surface area contributed by atoms with Gasteiger partial charge in [0.2, 0.25) is 5.91 Å². The third-order valence-corrected chi connectivity index (χ3v) is 6.27. The topological polar surface area (TPSA) is 93.2 Å². The Balaban J connectivity index is 1.45. The summed E-state index contributed by atoms with van der Waals surface area (Å²) in [5, 5.41) is 4.91. The number of nitrogens with one attached hydrogen (secondary N) is 2. The number of carbonyl (C=O) groups excluding carboxylic acids is 2. The first kappa shape index (κ1) is 27.1. The van der Waals surface area contributed by atoms with E-state index in [0.29, 0.717) is 11.9 Å². The number of aryl methyl sites for hydroxylation is 1. The smallest absolute Gasteiger partial charge is 0.380 e. The van der Waals surface area contributed by atoms with Gasteiger partial charge in [0.1, 0.15) is 17.5 Å². The summed E-state index contributed by atoms with van der Waals surface area (Å²) in [6.45, 7) is 1.71. The van der Waals surface area contributed by atoms with E-state index in [1.807, 2.05) is 0 Å². The van der Waals surface area contributed by atoms with Crippen molar-refractivity contribution in [3.8, 4) is 0 Å². The summed E-state index contributed by atoms with van der Waals surface area (Å²) < 4.78 is 74.0. The zero-order valence-corrected chi connectivity index (χ0v) is 20.2. The van der Waals surface area contributed by atoms with Crippen LogP contribution in [0.5, 0.6) is 0 Å². The maximum absolute atomic E-state index is 14.8. The first-order valence-corrected chi connectivity index (χ1v) is 11.6. The van der Waals surface area contributed by atoms with E-state index in [1.165, 1.54) is 24.5 Å². The Morgan fingerprint density at radius 3 is 2.45 bits per heavy atom. The van der Waals surface area contributed by atoms with Crippen molar-refractivity contribution in [2.75, 3.05) is 18.5 Å². The number of ether oxygens (including phenoxy) is 1. The highest BCUT2D eigenvalue weighted by Gasteiger charge is 2.44. The highest BCUT2D eigenvalue weighted by atomic mass is 19.4. The summed E-state index contributed by atoms with van der Waals surface area (Å²) in [4.78, 5) is 33.9. The molecule has 0 radical (unpaired) electrons. The summed E-state index contributed by atoms with van der Waals surface area (Å²) in [6.07, 6.45) is -1.92. The summed E-state index contributed by atoms with van der Waals surface area (Å²) in [7, 11) is 0. The summed E-state index contributed by atoms with van der Waals surface area (Å²) in [5.41, 5.74) is -3.02. The molecule has 0 spiro atoms. The number of halogens is 5. The first-order chi connectivity index (χ1) is 18.0. The second-order valence-corrected chi connectivity index (χ2v) is 8.98. The fraction of sp³-hybridized carbons (Fsp3) is 0.308. The van der Waals surface area contributed by atoms with Crippen LogP contribution in [0.4, 0.5) is 33.3 Å². The number of benzene rings is 2. The Hall–Kier alpha value is -3.93. The minimum Gasteiger partial charge on any atom is -0.380 e. The number of nitrogens with zero attached hydrogens (tertiary/aromatic N) is 2. The van der Waals surface area contributed by atoms with E-state index >= 15 is 0 Å². The maximum atomic E-state index is 14.8. The molecule has 0 saturated carbocycles. The summed E-state index contributed by atoms with van der Waals surface area (Å²) >= 11 is 0. The van der Waals surface area contributed by atoms with Crippen LogP contribution in [0.25, 0.3) is 0 Å². The second-order valence-electron chi connectivity index (χ2n) is 8.98. The molecule has 2 heterocycles. The molecule has 4 rings (SSSR count). The molecule has 200 valence electrons. The van der Waals surface area contributed by atoms with Gasteiger partial charge in [-0.25, -0.2) is 18.7 Å². The minimum absolute atomic E-state index is 0.00676. The SMILES string of the molecule is Cc1ncc(C(=O)C[C@@]2(C(=O)NCc3ccc(Nc4c(F)cccc4C(F)(F)F)cc3F)CCOC2)cn1. The predicted molar refractivity (Wildman–Crippen MR) is 127 cm³/mol. The van der Waals surface area contributed by atoms with Crippen LogP contribution in [-0.4, -0.2) is 34.9 Å². The number of anilines is 2. The van der Waals surface area contributed by atoms with Gasteiger partial charge in [-0.2, -0.15) is 13.2 Å². The zero-order chi connectivity index (χ0) is 27.5. The number of carbonyl (C=O) groups is 2. The lowest BCUT2D eigenvalue weighted by atomic mass is 9.80. The molecular weight excluding hydrogens is 511 g/mol.